The van der Waals surface area contributed by atoms with E-state index in [4.69, 9.17) is 9.26 Å². The molecule has 3 heterocycles. The molecule has 3 aromatic rings. The zero-order valence-corrected chi connectivity index (χ0v) is 15.8. The molecular weight excluding hydrogens is 375 g/mol. The maximum atomic E-state index is 15.6. The van der Waals surface area contributed by atoms with E-state index in [9.17, 15) is 4.79 Å². The van der Waals surface area contributed by atoms with E-state index in [-0.39, 0.29) is 37.2 Å². The summed E-state index contributed by atoms with van der Waals surface area (Å²) in [5.74, 6) is -0.0894. The average molecular weight is 396 g/mol. The van der Waals surface area contributed by atoms with Gasteiger partial charge in [0.05, 0.1) is 13.2 Å². The third kappa shape index (κ3) is 4.48. The number of hydrogen-bond donors (Lipinski definition) is 0. The largest absolute Gasteiger partial charge is 0.367 e. The Bertz CT molecular complexity index is 951. The number of alkyl halides is 1. The van der Waals surface area contributed by atoms with Crippen molar-refractivity contribution in [2.75, 3.05) is 19.7 Å². The van der Waals surface area contributed by atoms with Gasteiger partial charge in [-0.15, -0.1) is 0 Å². The Balaban J connectivity index is 1.38. The predicted molar refractivity (Wildman–Crippen MR) is 102 cm³/mol. The summed E-state index contributed by atoms with van der Waals surface area (Å²) in [7, 11) is 0. The zero-order valence-electron chi connectivity index (χ0n) is 15.8. The van der Waals surface area contributed by atoms with Crippen molar-refractivity contribution in [1.29, 1.82) is 0 Å². The van der Waals surface area contributed by atoms with E-state index < -0.39 is 5.67 Å². The highest BCUT2D eigenvalue weighted by Crippen LogP contribution is 2.35. The quantitative estimate of drug-likeness (QED) is 0.637. The van der Waals surface area contributed by atoms with Gasteiger partial charge in [-0.3, -0.25) is 9.78 Å². The first-order valence-corrected chi connectivity index (χ1v) is 9.47. The summed E-state index contributed by atoms with van der Waals surface area (Å²) in [5, 5.41) is 3.87. The van der Waals surface area contributed by atoms with Crippen LogP contribution in [0.2, 0.25) is 0 Å². The summed E-state index contributed by atoms with van der Waals surface area (Å²) in [5.41, 5.74) is -0.252. The zero-order chi connectivity index (χ0) is 20.1. The number of carbonyl (C=O) groups is 1. The Morgan fingerprint density at radius 1 is 1.24 bits per heavy atom. The molecule has 0 aliphatic carbocycles. The van der Waals surface area contributed by atoms with Gasteiger partial charge in [0.25, 0.3) is 5.89 Å². The van der Waals surface area contributed by atoms with E-state index in [1.165, 1.54) is 4.90 Å². The Morgan fingerprint density at radius 2 is 2.10 bits per heavy atom. The number of rotatable bonds is 6. The molecule has 1 aromatic carbocycles. The van der Waals surface area contributed by atoms with Crippen molar-refractivity contribution >= 4 is 5.91 Å². The monoisotopic (exact) mass is 396 g/mol. The lowest BCUT2D eigenvalue weighted by Crippen LogP contribution is -2.47. The normalized spacial score (nSPS) is 19.3. The minimum absolute atomic E-state index is 0.101. The van der Waals surface area contributed by atoms with Crippen molar-refractivity contribution in [2.24, 2.45) is 0 Å². The minimum atomic E-state index is -1.87. The predicted octanol–water partition coefficient (Wildman–Crippen LogP) is 3.14. The highest BCUT2D eigenvalue weighted by molar-refractivity contribution is 5.77. The summed E-state index contributed by atoms with van der Waals surface area (Å²) < 4.78 is 26.3. The van der Waals surface area contributed by atoms with Crippen LogP contribution >= 0.6 is 0 Å². The maximum absolute atomic E-state index is 15.6. The molecule has 2 aromatic heterocycles. The number of ether oxygens (including phenoxy) is 1. The molecule has 1 amide bonds. The third-order valence-electron chi connectivity index (χ3n) is 4.86. The van der Waals surface area contributed by atoms with E-state index >= 15 is 4.39 Å². The third-order valence-corrected chi connectivity index (χ3v) is 4.86. The van der Waals surface area contributed by atoms with E-state index in [0.29, 0.717) is 25.1 Å². The fourth-order valence-electron chi connectivity index (χ4n) is 3.34. The molecule has 1 aliphatic rings. The summed E-state index contributed by atoms with van der Waals surface area (Å²) in [4.78, 5) is 22.2. The smallest absolute Gasteiger partial charge is 0.266 e. The first kappa shape index (κ1) is 19.2. The Morgan fingerprint density at radius 3 is 2.90 bits per heavy atom. The van der Waals surface area contributed by atoms with Gasteiger partial charge in [0.15, 0.2) is 0 Å². The van der Waals surface area contributed by atoms with Crippen LogP contribution in [0.25, 0.3) is 11.4 Å². The molecule has 0 radical (unpaired) electrons. The van der Waals surface area contributed by atoms with Crippen molar-refractivity contribution in [3.63, 3.8) is 0 Å². The fourth-order valence-corrected chi connectivity index (χ4v) is 3.34. The van der Waals surface area contributed by atoms with Crippen LogP contribution in [-0.2, 0) is 21.8 Å². The van der Waals surface area contributed by atoms with Crippen molar-refractivity contribution in [3.05, 3.63) is 66.3 Å². The van der Waals surface area contributed by atoms with Crippen molar-refractivity contribution in [2.45, 2.75) is 25.1 Å². The molecule has 8 heteroatoms. The summed E-state index contributed by atoms with van der Waals surface area (Å²) >= 11 is 0. The maximum Gasteiger partial charge on any atom is 0.266 e. The number of piperidine rings is 1. The van der Waals surface area contributed by atoms with Crippen LogP contribution in [-0.4, -0.2) is 45.6 Å². The molecule has 0 spiro atoms. The van der Waals surface area contributed by atoms with Gasteiger partial charge in [-0.2, -0.15) is 4.98 Å². The summed E-state index contributed by atoms with van der Waals surface area (Å²) in [6, 6.07) is 13.1. The summed E-state index contributed by atoms with van der Waals surface area (Å²) in [6.07, 6.45) is 3.94. The van der Waals surface area contributed by atoms with Crippen LogP contribution in [0.5, 0.6) is 0 Å². The molecule has 1 unspecified atom stereocenters. The standard InChI is InChI=1S/C21H21FN4O3/c22-21(20-24-19(25-29-20)17-8-4-10-23-12-17)9-5-11-26(15-21)18(27)14-28-13-16-6-2-1-3-7-16/h1-4,6-8,10,12H,5,9,11,13-15H2. The lowest BCUT2D eigenvalue weighted by Gasteiger charge is -2.35. The van der Waals surface area contributed by atoms with Crippen LogP contribution in [0, 0.1) is 0 Å². The van der Waals surface area contributed by atoms with Crippen molar-refractivity contribution in [3.8, 4) is 11.4 Å². The second-order valence-electron chi connectivity index (χ2n) is 7.03. The summed E-state index contributed by atoms with van der Waals surface area (Å²) in [6.45, 7) is 0.576. The van der Waals surface area contributed by atoms with Gasteiger partial charge in [-0.1, -0.05) is 35.5 Å². The number of aromatic nitrogens is 3. The number of benzene rings is 1. The van der Waals surface area contributed by atoms with Crippen molar-refractivity contribution < 1.29 is 18.4 Å². The molecule has 1 aliphatic heterocycles. The number of carbonyl (C=O) groups excluding carboxylic acids is 1. The molecule has 1 fully saturated rings. The molecular formula is C21H21FN4O3. The molecule has 7 nitrogen and oxygen atoms in total. The second kappa shape index (κ2) is 8.48. The second-order valence-corrected chi connectivity index (χ2v) is 7.03. The number of likely N-dealkylation sites (tertiary alicyclic amines) is 1. The van der Waals surface area contributed by atoms with E-state index in [1.54, 1.807) is 24.5 Å². The molecule has 29 heavy (non-hydrogen) atoms. The lowest BCUT2D eigenvalue weighted by molar-refractivity contribution is -0.141. The van der Waals surface area contributed by atoms with Crippen LogP contribution in [0.15, 0.2) is 59.4 Å². The van der Waals surface area contributed by atoms with Crippen LogP contribution in [0.1, 0.15) is 24.3 Å². The van der Waals surface area contributed by atoms with Gasteiger partial charge in [0, 0.05) is 24.5 Å². The highest BCUT2D eigenvalue weighted by Gasteiger charge is 2.43. The lowest BCUT2D eigenvalue weighted by atomic mass is 9.94. The minimum Gasteiger partial charge on any atom is -0.367 e. The Labute approximate surface area is 167 Å². The van der Waals surface area contributed by atoms with Gasteiger partial charge >= 0.3 is 0 Å². The van der Waals surface area contributed by atoms with E-state index in [1.807, 2.05) is 30.3 Å². The van der Waals surface area contributed by atoms with Gasteiger partial charge < -0.3 is 14.2 Å². The topological polar surface area (TPSA) is 81.4 Å². The Hall–Kier alpha value is -3.13. The van der Waals surface area contributed by atoms with Gasteiger partial charge in [-0.25, -0.2) is 4.39 Å². The fraction of sp³-hybridized carbons (Fsp3) is 0.333. The molecule has 1 atom stereocenters. The average Bonchev–Trinajstić information content (AvgIpc) is 3.26. The molecule has 0 N–H and O–H groups in total. The number of halogens is 1. The number of amides is 1. The molecule has 4 rings (SSSR count). The first-order chi connectivity index (χ1) is 14.1. The number of pyridine rings is 1. The Kier molecular flexibility index (Phi) is 5.62. The number of nitrogens with zero attached hydrogens (tertiary/aromatic N) is 4. The van der Waals surface area contributed by atoms with Crippen molar-refractivity contribution in [1.82, 2.24) is 20.0 Å². The number of hydrogen-bond acceptors (Lipinski definition) is 6. The molecule has 150 valence electrons. The van der Waals surface area contributed by atoms with Gasteiger partial charge in [0.2, 0.25) is 17.4 Å². The van der Waals surface area contributed by atoms with E-state index in [2.05, 4.69) is 15.1 Å². The SMILES string of the molecule is O=C(COCc1ccccc1)N1CCCC(F)(c2nc(-c3cccnc3)no2)C1. The van der Waals surface area contributed by atoms with Gasteiger partial charge in [0.1, 0.15) is 6.61 Å². The van der Waals surface area contributed by atoms with Crippen LogP contribution in [0.4, 0.5) is 4.39 Å². The van der Waals surface area contributed by atoms with Crippen LogP contribution < -0.4 is 0 Å². The molecule has 1 saturated heterocycles. The van der Waals surface area contributed by atoms with Crippen LogP contribution in [0.3, 0.4) is 0 Å². The highest BCUT2D eigenvalue weighted by atomic mass is 19.1. The molecule has 0 bridgehead atoms. The molecule has 0 saturated carbocycles. The first-order valence-electron chi connectivity index (χ1n) is 9.47. The van der Waals surface area contributed by atoms with E-state index in [0.717, 1.165) is 5.56 Å². The van der Waals surface area contributed by atoms with Gasteiger partial charge in [-0.05, 0) is 30.5 Å².